The van der Waals surface area contributed by atoms with Crippen LogP contribution in [-0.2, 0) is 21.1 Å². The van der Waals surface area contributed by atoms with Crippen molar-refractivity contribution in [1.82, 2.24) is 0 Å². The van der Waals surface area contributed by atoms with E-state index >= 15 is 0 Å². The summed E-state index contributed by atoms with van der Waals surface area (Å²) in [5.74, 6) is 1.25. The van der Waals surface area contributed by atoms with Crippen molar-refractivity contribution in [3.8, 4) is 0 Å². The van der Waals surface area contributed by atoms with E-state index in [4.69, 9.17) is 0 Å². The summed E-state index contributed by atoms with van der Waals surface area (Å²) in [5, 5.41) is -0.0618. The first kappa shape index (κ1) is 14.8. The molecule has 0 spiro atoms. The van der Waals surface area contributed by atoms with Crippen LogP contribution in [0.5, 0.6) is 0 Å². The Kier molecular flexibility index (Phi) is 6.54. The maximum absolute atomic E-state index is 11.1. The molecule has 2 nitrogen and oxygen atoms in total. The predicted molar refractivity (Wildman–Crippen MR) is 79.4 cm³/mol. The van der Waals surface area contributed by atoms with Gasteiger partial charge in [0.05, 0.1) is 0 Å². The Morgan fingerprint density at radius 2 is 1.44 bits per heavy atom. The van der Waals surface area contributed by atoms with Gasteiger partial charge in [-0.2, -0.15) is 0 Å². The molecule has 1 aromatic carbocycles. The molecule has 0 aliphatic rings. The SMILES string of the molecule is C=CC(=O)SCc1cccc(CSC(=O)C=C)c1. The van der Waals surface area contributed by atoms with Crippen LogP contribution in [0.15, 0.2) is 49.6 Å². The topological polar surface area (TPSA) is 34.1 Å². The Balaban J connectivity index is 2.56. The summed E-state index contributed by atoms with van der Waals surface area (Å²) in [6.45, 7) is 6.86. The van der Waals surface area contributed by atoms with Crippen molar-refractivity contribution in [2.45, 2.75) is 11.5 Å². The van der Waals surface area contributed by atoms with Crippen molar-refractivity contribution in [1.29, 1.82) is 0 Å². The number of hydrogen-bond donors (Lipinski definition) is 0. The second-order valence-corrected chi connectivity index (χ2v) is 5.40. The first-order valence-electron chi connectivity index (χ1n) is 5.32. The second kappa shape index (κ2) is 7.95. The van der Waals surface area contributed by atoms with Crippen LogP contribution in [0.1, 0.15) is 11.1 Å². The fraction of sp³-hybridized carbons (Fsp3) is 0.143. The van der Waals surface area contributed by atoms with Crippen LogP contribution < -0.4 is 0 Å². The van der Waals surface area contributed by atoms with Gasteiger partial charge >= 0.3 is 0 Å². The third-order valence-corrected chi connectivity index (χ3v) is 3.94. The van der Waals surface area contributed by atoms with E-state index in [1.807, 2.05) is 24.3 Å². The maximum Gasteiger partial charge on any atom is 0.211 e. The lowest BCUT2D eigenvalue weighted by atomic mass is 10.2. The van der Waals surface area contributed by atoms with E-state index in [9.17, 15) is 9.59 Å². The average Bonchev–Trinajstić information content (AvgIpc) is 2.42. The highest BCUT2D eigenvalue weighted by Crippen LogP contribution is 2.18. The van der Waals surface area contributed by atoms with Crippen molar-refractivity contribution in [3.63, 3.8) is 0 Å². The highest BCUT2D eigenvalue weighted by molar-refractivity contribution is 8.13. The quantitative estimate of drug-likeness (QED) is 0.745. The monoisotopic (exact) mass is 278 g/mol. The van der Waals surface area contributed by atoms with Crippen LogP contribution >= 0.6 is 23.5 Å². The van der Waals surface area contributed by atoms with Gasteiger partial charge in [-0.05, 0) is 23.3 Å². The van der Waals surface area contributed by atoms with Crippen LogP contribution in [0.25, 0.3) is 0 Å². The van der Waals surface area contributed by atoms with Crippen LogP contribution in [-0.4, -0.2) is 10.2 Å². The van der Waals surface area contributed by atoms with Crippen LogP contribution in [0.4, 0.5) is 0 Å². The Labute approximate surface area is 116 Å². The molecule has 18 heavy (non-hydrogen) atoms. The molecular formula is C14H14O2S2. The molecule has 0 aliphatic carbocycles. The van der Waals surface area contributed by atoms with Crippen LogP contribution in [0.3, 0.4) is 0 Å². The fourth-order valence-corrected chi connectivity index (χ4v) is 2.45. The minimum atomic E-state index is -0.0309. The van der Waals surface area contributed by atoms with Gasteiger partial charge in [0.15, 0.2) is 0 Å². The molecule has 0 saturated heterocycles. The minimum Gasteiger partial charge on any atom is -0.282 e. The first-order valence-corrected chi connectivity index (χ1v) is 7.29. The first-order chi connectivity index (χ1) is 8.65. The molecule has 0 heterocycles. The second-order valence-electron chi connectivity index (χ2n) is 3.44. The van der Waals surface area contributed by atoms with E-state index in [-0.39, 0.29) is 10.2 Å². The largest absolute Gasteiger partial charge is 0.282 e. The molecule has 1 aromatic rings. The molecule has 1 rings (SSSR count). The molecule has 0 fully saturated rings. The zero-order valence-corrected chi connectivity index (χ0v) is 11.6. The van der Waals surface area contributed by atoms with E-state index in [1.54, 1.807) is 0 Å². The number of carbonyl (C=O) groups is 2. The number of carbonyl (C=O) groups excluding carboxylic acids is 2. The normalized spacial score (nSPS) is 9.78. The lowest BCUT2D eigenvalue weighted by molar-refractivity contribution is -0.107. The molecule has 0 amide bonds. The van der Waals surface area contributed by atoms with Gasteiger partial charge in [-0.25, -0.2) is 0 Å². The van der Waals surface area contributed by atoms with Crippen LogP contribution in [0.2, 0.25) is 0 Å². The van der Waals surface area contributed by atoms with Crippen molar-refractivity contribution in [2.24, 2.45) is 0 Å². The molecule has 4 heteroatoms. The number of hydrogen-bond acceptors (Lipinski definition) is 4. The summed E-state index contributed by atoms with van der Waals surface area (Å²) >= 11 is 2.44. The number of rotatable bonds is 6. The Morgan fingerprint density at radius 3 is 1.83 bits per heavy atom. The molecule has 0 saturated carbocycles. The smallest absolute Gasteiger partial charge is 0.211 e. The van der Waals surface area contributed by atoms with Crippen molar-refractivity contribution in [3.05, 3.63) is 60.7 Å². The molecule has 0 aromatic heterocycles. The minimum absolute atomic E-state index is 0.0309. The van der Waals surface area contributed by atoms with E-state index in [2.05, 4.69) is 13.2 Å². The van der Waals surface area contributed by atoms with Gasteiger partial charge < -0.3 is 0 Å². The van der Waals surface area contributed by atoms with E-state index in [1.165, 1.54) is 35.7 Å². The zero-order chi connectivity index (χ0) is 13.4. The van der Waals surface area contributed by atoms with E-state index < -0.39 is 0 Å². The maximum atomic E-state index is 11.1. The Hall–Kier alpha value is -1.26. The Morgan fingerprint density at radius 1 is 1.00 bits per heavy atom. The highest BCUT2D eigenvalue weighted by atomic mass is 32.2. The fourth-order valence-electron chi connectivity index (χ4n) is 1.24. The zero-order valence-electron chi connectivity index (χ0n) is 9.93. The molecule has 0 radical (unpaired) electrons. The molecule has 0 aliphatic heterocycles. The Bertz CT molecular complexity index is 427. The average molecular weight is 278 g/mol. The summed E-state index contributed by atoms with van der Waals surface area (Å²) < 4.78 is 0. The van der Waals surface area contributed by atoms with Gasteiger partial charge in [-0.15, -0.1) is 0 Å². The van der Waals surface area contributed by atoms with E-state index in [0.29, 0.717) is 11.5 Å². The lowest BCUT2D eigenvalue weighted by Crippen LogP contribution is -1.90. The molecule has 94 valence electrons. The number of thioether (sulfide) groups is 2. The molecule has 0 bridgehead atoms. The summed E-state index contributed by atoms with van der Waals surface area (Å²) in [5.41, 5.74) is 2.14. The molecular weight excluding hydrogens is 264 g/mol. The standard InChI is InChI=1S/C14H14O2S2/c1-3-13(15)17-9-11-6-5-7-12(8-11)10-18-14(16)4-2/h3-8H,1-2,9-10H2. The molecule has 0 atom stereocenters. The predicted octanol–water partition coefficient (Wildman–Crippen LogP) is 3.58. The van der Waals surface area contributed by atoms with Gasteiger partial charge in [0.25, 0.3) is 0 Å². The molecule has 0 N–H and O–H groups in total. The van der Waals surface area contributed by atoms with Gasteiger partial charge in [0.1, 0.15) is 0 Å². The summed E-state index contributed by atoms with van der Waals surface area (Å²) in [6.07, 6.45) is 2.63. The third kappa shape index (κ3) is 5.38. The third-order valence-electron chi connectivity index (χ3n) is 2.09. The van der Waals surface area contributed by atoms with E-state index in [0.717, 1.165) is 11.1 Å². The van der Waals surface area contributed by atoms with Gasteiger partial charge in [0.2, 0.25) is 10.2 Å². The van der Waals surface area contributed by atoms with Crippen molar-refractivity contribution >= 4 is 33.8 Å². The van der Waals surface area contributed by atoms with Gasteiger partial charge in [0, 0.05) is 11.5 Å². The van der Waals surface area contributed by atoms with Crippen molar-refractivity contribution < 1.29 is 9.59 Å². The number of benzene rings is 1. The highest BCUT2D eigenvalue weighted by Gasteiger charge is 2.02. The summed E-state index contributed by atoms with van der Waals surface area (Å²) in [4.78, 5) is 22.2. The lowest BCUT2D eigenvalue weighted by Gasteiger charge is -2.03. The van der Waals surface area contributed by atoms with Crippen molar-refractivity contribution in [2.75, 3.05) is 0 Å². The van der Waals surface area contributed by atoms with Crippen LogP contribution in [0, 0.1) is 0 Å². The summed E-state index contributed by atoms with van der Waals surface area (Å²) in [7, 11) is 0. The summed E-state index contributed by atoms with van der Waals surface area (Å²) in [6, 6.07) is 7.87. The molecule has 0 unspecified atom stereocenters. The van der Waals surface area contributed by atoms with Gasteiger partial charge in [-0.1, -0.05) is 60.9 Å². The van der Waals surface area contributed by atoms with Gasteiger partial charge in [-0.3, -0.25) is 9.59 Å².